The van der Waals surface area contributed by atoms with Crippen LogP contribution in [0.1, 0.15) is 27.5 Å². The minimum atomic E-state index is 0.123. The van der Waals surface area contributed by atoms with Crippen LogP contribution in [0.3, 0.4) is 0 Å². The molecule has 0 aromatic rings. The van der Waals surface area contributed by atoms with E-state index in [1.807, 2.05) is 6.92 Å². The van der Waals surface area contributed by atoms with Gasteiger partial charge in [-0.2, -0.15) is 12.6 Å². The summed E-state index contributed by atoms with van der Waals surface area (Å²) in [5, 5.41) is 0. The van der Waals surface area contributed by atoms with Gasteiger partial charge in [-0.3, -0.25) is 0 Å². The zero-order valence-corrected chi connectivity index (χ0v) is 5.04. The second-order valence-electron chi connectivity index (χ2n) is 1.21. The lowest BCUT2D eigenvalue weighted by Crippen LogP contribution is -1.70. The van der Waals surface area contributed by atoms with Gasteiger partial charge in [0.15, 0.2) is 0 Å². The van der Waals surface area contributed by atoms with E-state index in [1.165, 1.54) is 0 Å². The van der Waals surface area contributed by atoms with E-state index in [9.17, 15) is 0 Å². The Morgan fingerprint density at radius 2 is 2.50 bits per heavy atom. The van der Waals surface area contributed by atoms with Crippen molar-refractivity contribution < 1.29 is 1.37 Å². The van der Waals surface area contributed by atoms with Crippen molar-refractivity contribution in [3.63, 3.8) is 0 Å². The maximum atomic E-state index is 7.17. The van der Waals surface area contributed by atoms with Gasteiger partial charge in [0.05, 0.1) is 0 Å². The van der Waals surface area contributed by atoms with E-state index in [-0.39, 0.29) is 6.40 Å². The molecule has 0 saturated carbocycles. The summed E-state index contributed by atoms with van der Waals surface area (Å²) in [6, 6.07) is 0. The molecular weight excluding hydrogens is 92.1 g/mol. The van der Waals surface area contributed by atoms with Gasteiger partial charge in [-0.1, -0.05) is 19.7 Å². The predicted molar refractivity (Wildman–Crippen MR) is 33.4 cm³/mol. The Kier molecular flexibility index (Phi) is 4.02. The van der Waals surface area contributed by atoms with Crippen molar-refractivity contribution in [1.82, 2.24) is 0 Å². The predicted octanol–water partition coefficient (Wildman–Crippen LogP) is 2.11. The molecule has 0 aliphatic rings. The Balaban J connectivity index is 2.83. The molecule has 1 atom stereocenters. The first kappa shape index (κ1) is 4.51. The molecular formula is C5H12S. The Labute approximate surface area is 46.8 Å². The summed E-state index contributed by atoms with van der Waals surface area (Å²) in [6.45, 7) is 2.03. The zero-order chi connectivity index (χ0) is 5.70. The lowest BCUT2D eigenvalue weighted by atomic mass is 10.3. The Morgan fingerprint density at radius 1 is 1.83 bits per heavy atom. The second kappa shape index (κ2) is 5.35. The molecule has 0 aromatic heterocycles. The van der Waals surface area contributed by atoms with E-state index in [1.54, 1.807) is 0 Å². The molecule has 0 spiro atoms. The fourth-order valence-corrected chi connectivity index (χ4v) is 0.478. The largest absolute Gasteiger partial charge is 0.179 e. The first-order valence-corrected chi connectivity index (χ1v) is 2.97. The molecule has 6 heavy (non-hydrogen) atoms. The van der Waals surface area contributed by atoms with Gasteiger partial charge in [-0.25, -0.2) is 0 Å². The molecule has 0 fully saturated rings. The first-order valence-electron chi connectivity index (χ1n) is 2.92. The highest BCUT2D eigenvalue weighted by Crippen LogP contribution is 1.93. The van der Waals surface area contributed by atoms with Gasteiger partial charge in [0.2, 0.25) is 0 Å². The van der Waals surface area contributed by atoms with Gasteiger partial charge >= 0.3 is 0 Å². The molecule has 1 heteroatoms. The van der Waals surface area contributed by atoms with E-state index >= 15 is 0 Å². The zero-order valence-electron chi connectivity index (χ0n) is 5.15. The smallest absolute Gasteiger partial charge is 0.0267 e. The summed E-state index contributed by atoms with van der Waals surface area (Å²) in [5.74, 6) is 0.849. The molecule has 0 nitrogen and oxygen atoms in total. The summed E-state index contributed by atoms with van der Waals surface area (Å²) in [4.78, 5) is 0. The van der Waals surface area contributed by atoms with Crippen LogP contribution >= 0.6 is 12.6 Å². The maximum absolute atomic E-state index is 7.17. The first-order chi connectivity index (χ1) is 3.31. The van der Waals surface area contributed by atoms with Crippen LogP contribution in [0.15, 0.2) is 0 Å². The van der Waals surface area contributed by atoms with Gasteiger partial charge in [0.25, 0.3) is 0 Å². The average Bonchev–Trinajstić information content (AvgIpc) is 1.68. The number of hydrogen-bond donors (Lipinski definition) is 1. The molecule has 0 rings (SSSR count). The Bertz CT molecular complexity index is 39.1. The van der Waals surface area contributed by atoms with Crippen LogP contribution in [-0.4, -0.2) is 5.75 Å². The van der Waals surface area contributed by atoms with Crippen molar-refractivity contribution in [2.45, 2.75) is 26.2 Å². The summed E-state index contributed by atoms with van der Waals surface area (Å²) >= 11 is 3.99. The van der Waals surface area contributed by atoms with E-state index in [0.29, 0.717) is 0 Å². The minimum Gasteiger partial charge on any atom is -0.179 e. The highest BCUT2D eigenvalue weighted by molar-refractivity contribution is 7.80. The van der Waals surface area contributed by atoms with Crippen LogP contribution in [0, 0.1) is 0 Å². The van der Waals surface area contributed by atoms with E-state index in [4.69, 9.17) is 1.37 Å². The van der Waals surface area contributed by atoms with Gasteiger partial charge in [-0.05, 0) is 12.2 Å². The third-order valence-corrected chi connectivity index (χ3v) is 0.880. The fraction of sp³-hybridized carbons (Fsp3) is 1.00. The monoisotopic (exact) mass is 105 g/mol. The lowest BCUT2D eigenvalue weighted by molar-refractivity contribution is 0.780. The molecule has 0 aliphatic carbocycles. The standard InChI is InChI=1S/C5H12S/c1-2-3-4-5-6/h6H,2-5H2,1H3/i3D. The van der Waals surface area contributed by atoms with Gasteiger partial charge in [0.1, 0.15) is 0 Å². The normalized spacial score (nSPS) is 16.7. The van der Waals surface area contributed by atoms with E-state index < -0.39 is 0 Å². The van der Waals surface area contributed by atoms with Crippen LogP contribution in [0.4, 0.5) is 0 Å². The molecule has 38 valence electrons. The van der Waals surface area contributed by atoms with Crippen molar-refractivity contribution >= 4 is 12.6 Å². The summed E-state index contributed by atoms with van der Waals surface area (Å²) in [7, 11) is 0. The van der Waals surface area contributed by atoms with Crippen molar-refractivity contribution in [2.75, 3.05) is 5.75 Å². The third-order valence-electron chi connectivity index (χ3n) is 0.622. The van der Waals surface area contributed by atoms with Crippen molar-refractivity contribution in [3.05, 3.63) is 0 Å². The molecule has 0 radical (unpaired) electrons. The highest BCUT2D eigenvalue weighted by atomic mass is 32.1. The second-order valence-corrected chi connectivity index (χ2v) is 1.66. The average molecular weight is 105 g/mol. The SMILES string of the molecule is [2H]C(CC)CCS. The third kappa shape index (κ3) is 4.35. The van der Waals surface area contributed by atoms with Gasteiger partial charge in [-0.15, -0.1) is 0 Å². The quantitative estimate of drug-likeness (QED) is 0.522. The molecule has 0 saturated heterocycles. The van der Waals surface area contributed by atoms with Crippen LogP contribution in [0.25, 0.3) is 0 Å². The number of thiol groups is 1. The molecule has 0 bridgehead atoms. The fourth-order valence-electron chi connectivity index (χ4n) is 0.295. The lowest BCUT2D eigenvalue weighted by Gasteiger charge is -1.85. The molecule has 0 aliphatic heterocycles. The molecule has 1 unspecified atom stereocenters. The summed E-state index contributed by atoms with van der Waals surface area (Å²) in [5.41, 5.74) is 0. The number of hydrogen-bond acceptors (Lipinski definition) is 1. The Morgan fingerprint density at radius 3 is 2.67 bits per heavy atom. The van der Waals surface area contributed by atoms with Crippen molar-refractivity contribution in [1.29, 1.82) is 0 Å². The molecule has 0 aromatic carbocycles. The number of rotatable bonds is 3. The summed E-state index contributed by atoms with van der Waals surface area (Å²) < 4.78 is 7.17. The summed E-state index contributed by atoms with van der Waals surface area (Å²) in [6.07, 6.45) is 2.01. The van der Waals surface area contributed by atoms with Crippen LogP contribution < -0.4 is 0 Å². The topological polar surface area (TPSA) is 0 Å². The van der Waals surface area contributed by atoms with Crippen LogP contribution in [-0.2, 0) is 0 Å². The van der Waals surface area contributed by atoms with Crippen molar-refractivity contribution in [2.24, 2.45) is 0 Å². The molecule has 0 amide bonds. The molecule has 0 heterocycles. The van der Waals surface area contributed by atoms with Crippen molar-refractivity contribution in [3.8, 4) is 0 Å². The van der Waals surface area contributed by atoms with Crippen LogP contribution in [0.2, 0.25) is 0 Å². The van der Waals surface area contributed by atoms with Gasteiger partial charge in [0, 0.05) is 1.37 Å². The highest BCUT2D eigenvalue weighted by Gasteiger charge is 1.75. The minimum absolute atomic E-state index is 0.123. The van der Waals surface area contributed by atoms with E-state index in [0.717, 1.165) is 18.6 Å². The molecule has 0 N–H and O–H groups in total. The van der Waals surface area contributed by atoms with Crippen LogP contribution in [0.5, 0.6) is 0 Å². The maximum Gasteiger partial charge on any atom is 0.0267 e. The Hall–Kier alpha value is 0.350. The van der Waals surface area contributed by atoms with E-state index in [2.05, 4.69) is 12.6 Å². The van der Waals surface area contributed by atoms with Gasteiger partial charge < -0.3 is 0 Å².